The van der Waals surface area contributed by atoms with Gasteiger partial charge in [0.15, 0.2) is 0 Å². The Bertz CT molecular complexity index is 193. The van der Waals surface area contributed by atoms with Crippen molar-refractivity contribution in [1.82, 2.24) is 9.62 Å². The van der Waals surface area contributed by atoms with Gasteiger partial charge in [0.05, 0.1) is 0 Å². The Kier molecular flexibility index (Phi) is 3.17. The summed E-state index contributed by atoms with van der Waals surface area (Å²) in [6.07, 6.45) is 8.60. The maximum absolute atomic E-state index is 3.38. The van der Waals surface area contributed by atoms with Gasteiger partial charge in [-0.1, -0.05) is 6.08 Å². The highest BCUT2D eigenvalue weighted by molar-refractivity contribution is 7.97. The molecule has 1 aliphatic heterocycles. The summed E-state index contributed by atoms with van der Waals surface area (Å²) in [4.78, 5) is 0. The summed E-state index contributed by atoms with van der Waals surface area (Å²) in [6.45, 7) is 1.25. The fraction of sp³-hybridized carbons (Fsp3) is 0.800. The summed E-state index contributed by atoms with van der Waals surface area (Å²) in [5, 5.41) is 3.38. The van der Waals surface area contributed by atoms with E-state index in [1.165, 1.54) is 31.6 Å². The smallest absolute Gasteiger partial charge is 0.0331 e. The van der Waals surface area contributed by atoms with E-state index in [0.717, 1.165) is 12.0 Å². The van der Waals surface area contributed by atoms with Crippen LogP contribution in [0.5, 0.6) is 0 Å². The molecule has 0 radical (unpaired) electrons. The molecule has 0 aromatic rings. The van der Waals surface area contributed by atoms with Crippen molar-refractivity contribution in [2.75, 3.05) is 19.3 Å². The zero-order valence-electron chi connectivity index (χ0n) is 8.20. The van der Waals surface area contributed by atoms with Crippen molar-refractivity contribution >= 4 is 11.9 Å². The number of rotatable bonds is 3. The van der Waals surface area contributed by atoms with Gasteiger partial charge in [-0.25, -0.2) is 0 Å². The second-order valence-electron chi connectivity index (χ2n) is 3.94. The van der Waals surface area contributed by atoms with Crippen molar-refractivity contribution in [1.29, 1.82) is 0 Å². The highest BCUT2D eigenvalue weighted by atomic mass is 32.2. The second kappa shape index (κ2) is 4.38. The van der Waals surface area contributed by atoms with Gasteiger partial charge in [-0.15, -0.1) is 0 Å². The first kappa shape index (κ1) is 9.41. The predicted molar refractivity (Wildman–Crippen MR) is 58.5 cm³/mol. The quantitative estimate of drug-likeness (QED) is 0.697. The van der Waals surface area contributed by atoms with E-state index in [1.54, 1.807) is 0 Å². The Morgan fingerprint density at radius 2 is 2.46 bits per heavy atom. The third kappa shape index (κ3) is 2.41. The van der Waals surface area contributed by atoms with Gasteiger partial charge in [-0.3, -0.25) is 0 Å². The van der Waals surface area contributed by atoms with Crippen LogP contribution in [0.15, 0.2) is 12.3 Å². The molecule has 1 heterocycles. The largest absolute Gasteiger partial charge is 0.323 e. The summed E-state index contributed by atoms with van der Waals surface area (Å²) >= 11 is 1.94. The summed E-state index contributed by atoms with van der Waals surface area (Å²) in [5.74, 6) is 2.08. The molecule has 2 atom stereocenters. The maximum atomic E-state index is 3.38. The molecule has 13 heavy (non-hydrogen) atoms. The highest BCUT2D eigenvalue weighted by Gasteiger charge is 2.24. The van der Waals surface area contributed by atoms with Crippen molar-refractivity contribution < 1.29 is 0 Å². The molecule has 0 saturated heterocycles. The van der Waals surface area contributed by atoms with E-state index in [9.17, 15) is 0 Å². The van der Waals surface area contributed by atoms with Gasteiger partial charge in [-0.05, 0) is 44.2 Å². The Hall–Kier alpha value is -0.150. The lowest BCUT2D eigenvalue weighted by molar-refractivity contribution is 0.434. The molecule has 0 spiro atoms. The van der Waals surface area contributed by atoms with Crippen molar-refractivity contribution in [2.45, 2.75) is 25.3 Å². The Morgan fingerprint density at radius 1 is 1.54 bits per heavy atom. The fourth-order valence-electron chi connectivity index (χ4n) is 2.21. The Balaban J connectivity index is 1.73. The van der Waals surface area contributed by atoms with E-state index in [2.05, 4.69) is 28.9 Å². The maximum Gasteiger partial charge on any atom is 0.0331 e. The summed E-state index contributed by atoms with van der Waals surface area (Å²) in [7, 11) is 2.08. The molecule has 1 N–H and O–H groups in total. The van der Waals surface area contributed by atoms with Gasteiger partial charge < -0.3 is 9.62 Å². The topological polar surface area (TPSA) is 15.3 Å². The number of nitrogens with one attached hydrogen (secondary N) is 1. The van der Waals surface area contributed by atoms with Crippen molar-refractivity contribution in [3.63, 3.8) is 0 Å². The van der Waals surface area contributed by atoms with E-state index >= 15 is 0 Å². The zero-order valence-corrected chi connectivity index (χ0v) is 9.02. The first-order valence-electron chi connectivity index (χ1n) is 5.12. The van der Waals surface area contributed by atoms with E-state index in [0.29, 0.717) is 0 Å². The van der Waals surface area contributed by atoms with Crippen molar-refractivity contribution in [3.05, 3.63) is 12.3 Å². The molecule has 1 aliphatic carbocycles. The van der Waals surface area contributed by atoms with Gasteiger partial charge >= 0.3 is 0 Å². The van der Waals surface area contributed by atoms with Crippen LogP contribution in [0.4, 0.5) is 0 Å². The number of hydrogen-bond donors (Lipinski definition) is 1. The summed E-state index contributed by atoms with van der Waals surface area (Å²) in [6, 6.07) is 0.779. The minimum atomic E-state index is 0.779. The molecule has 0 aromatic heterocycles. The molecule has 2 nitrogen and oxygen atoms in total. The van der Waals surface area contributed by atoms with E-state index < -0.39 is 0 Å². The van der Waals surface area contributed by atoms with Gasteiger partial charge in [0.1, 0.15) is 0 Å². The summed E-state index contributed by atoms with van der Waals surface area (Å²) < 4.78 is 2.39. The lowest BCUT2D eigenvalue weighted by Crippen LogP contribution is -2.23. The predicted octanol–water partition coefficient (Wildman–Crippen LogP) is 1.85. The molecule has 1 saturated carbocycles. The fourth-order valence-corrected chi connectivity index (χ4v) is 3.07. The van der Waals surface area contributed by atoms with Crippen LogP contribution in [-0.2, 0) is 0 Å². The Labute approximate surface area is 84.9 Å². The highest BCUT2D eigenvalue weighted by Crippen LogP contribution is 2.29. The molecule has 2 aliphatic rings. The van der Waals surface area contributed by atoms with Crippen LogP contribution >= 0.6 is 11.9 Å². The normalized spacial score (nSPS) is 33.2. The average Bonchev–Trinajstić information content (AvgIpc) is 2.76. The SMILES string of the molecule is CNC1CCC(CN2C=CCS2)C1. The van der Waals surface area contributed by atoms with E-state index in [4.69, 9.17) is 0 Å². The molecule has 0 amide bonds. The molecule has 3 heteroatoms. The van der Waals surface area contributed by atoms with Gasteiger partial charge in [0, 0.05) is 24.5 Å². The first-order valence-corrected chi connectivity index (χ1v) is 6.06. The van der Waals surface area contributed by atoms with Crippen LogP contribution in [0.25, 0.3) is 0 Å². The van der Waals surface area contributed by atoms with Gasteiger partial charge in [0.2, 0.25) is 0 Å². The van der Waals surface area contributed by atoms with Gasteiger partial charge in [-0.2, -0.15) is 0 Å². The first-order chi connectivity index (χ1) is 6.38. The lowest BCUT2D eigenvalue weighted by atomic mass is 10.1. The third-order valence-electron chi connectivity index (χ3n) is 3.00. The molecule has 74 valence electrons. The minimum Gasteiger partial charge on any atom is -0.323 e. The lowest BCUT2D eigenvalue weighted by Gasteiger charge is -2.18. The second-order valence-corrected chi connectivity index (χ2v) is 5.01. The van der Waals surface area contributed by atoms with Crippen LogP contribution in [0.2, 0.25) is 0 Å². The Morgan fingerprint density at radius 3 is 3.08 bits per heavy atom. The third-order valence-corrected chi connectivity index (χ3v) is 3.94. The van der Waals surface area contributed by atoms with Crippen LogP contribution in [-0.4, -0.2) is 29.7 Å². The molecule has 1 fully saturated rings. The molecule has 0 bridgehead atoms. The minimum absolute atomic E-state index is 0.779. The standard InChI is InChI=1S/C10H18N2S/c1-11-10-4-3-9(7-10)8-12-5-2-6-13-12/h2,5,9-11H,3-4,6-8H2,1H3. The zero-order chi connectivity index (χ0) is 9.10. The summed E-state index contributed by atoms with van der Waals surface area (Å²) in [5.41, 5.74) is 0. The van der Waals surface area contributed by atoms with Gasteiger partial charge in [0.25, 0.3) is 0 Å². The average molecular weight is 198 g/mol. The molecule has 2 rings (SSSR count). The van der Waals surface area contributed by atoms with Crippen LogP contribution in [0, 0.1) is 5.92 Å². The molecule has 0 aromatic carbocycles. The van der Waals surface area contributed by atoms with Crippen molar-refractivity contribution in [3.8, 4) is 0 Å². The van der Waals surface area contributed by atoms with E-state index in [-0.39, 0.29) is 0 Å². The van der Waals surface area contributed by atoms with E-state index in [1.807, 2.05) is 11.9 Å². The molecule has 2 unspecified atom stereocenters. The van der Waals surface area contributed by atoms with Crippen LogP contribution < -0.4 is 5.32 Å². The molecular formula is C10H18N2S. The van der Waals surface area contributed by atoms with Crippen molar-refractivity contribution in [2.24, 2.45) is 5.92 Å². The van der Waals surface area contributed by atoms with Crippen LogP contribution in [0.3, 0.4) is 0 Å². The number of hydrogen-bond acceptors (Lipinski definition) is 3. The monoisotopic (exact) mass is 198 g/mol. The van der Waals surface area contributed by atoms with Crippen LogP contribution in [0.1, 0.15) is 19.3 Å². The number of nitrogens with zero attached hydrogens (tertiary/aromatic N) is 1. The molecular weight excluding hydrogens is 180 g/mol.